The third-order valence-corrected chi connectivity index (χ3v) is 4.66. The van der Waals surface area contributed by atoms with E-state index in [0.29, 0.717) is 13.2 Å². The molecule has 3 aromatic carbocycles. The first-order chi connectivity index (χ1) is 12.8. The van der Waals surface area contributed by atoms with Gasteiger partial charge >= 0.3 is 14.1 Å². The van der Waals surface area contributed by atoms with E-state index in [4.69, 9.17) is 9.31 Å². The van der Waals surface area contributed by atoms with E-state index in [1.54, 1.807) is 0 Å². The molecule has 1 aliphatic heterocycles. The Bertz CT molecular complexity index is 872. The van der Waals surface area contributed by atoms with Crippen molar-refractivity contribution >= 4 is 47.2 Å². The average Bonchev–Trinajstić information content (AvgIpc) is 2.68. The molecular weight excluding hydrogens is 322 g/mol. The van der Waals surface area contributed by atoms with Crippen LogP contribution in [0.5, 0.6) is 0 Å². The fourth-order valence-electron chi connectivity index (χ4n) is 3.52. The standard InChI is InChI=1S/C20H22B2N2O2/c1-3-25-22(26-4-2)17-11-7-10-16(14-17)21-23-18-12-5-8-15-9-6-13-19(24-21)20(15)18/h5-14,23-24H,3-4H2,1-2H3. The molecule has 0 saturated carbocycles. The van der Waals surface area contributed by atoms with E-state index >= 15 is 0 Å². The predicted octanol–water partition coefficient (Wildman–Crippen LogP) is 2.84. The highest BCUT2D eigenvalue weighted by molar-refractivity contribution is 6.80. The van der Waals surface area contributed by atoms with Crippen LogP contribution in [-0.4, -0.2) is 27.3 Å². The van der Waals surface area contributed by atoms with Gasteiger partial charge in [-0.2, -0.15) is 0 Å². The van der Waals surface area contributed by atoms with E-state index in [2.05, 4.69) is 71.1 Å². The van der Waals surface area contributed by atoms with Gasteiger partial charge in [-0.15, -0.1) is 0 Å². The van der Waals surface area contributed by atoms with Gasteiger partial charge in [0.25, 0.3) is 0 Å². The van der Waals surface area contributed by atoms with Gasteiger partial charge in [0.05, 0.1) is 0 Å². The summed E-state index contributed by atoms with van der Waals surface area (Å²) in [5.41, 5.74) is 4.49. The highest BCUT2D eigenvalue weighted by Crippen LogP contribution is 2.33. The zero-order valence-electron chi connectivity index (χ0n) is 15.2. The molecule has 0 saturated heterocycles. The molecule has 6 heteroatoms. The maximum atomic E-state index is 5.75. The SMILES string of the molecule is CCOB(OCC)c1cccc(B2Nc3cccc4cccc(c34)N2)c1. The second-order valence-electron chi connectivity index (χ2n) is 6.34. The van der Waals surface area contributed by atoms with E-state index < -0.39 is 0 Å². The van der Waals surface area contributed by atoms with Crippen molar-refractivity contribution in [1.82, 2.24) is 0 Å². The smallest absolute Gasteiger partial charge is 0.408 e. The van der Waals surface area contributed by atoms with Gasteiger partial charge in [0.2, 0.25) is 0 Å². The minimum Gasteiger partial charge on any atom is -0.408 e. The number of nitrogens with one attached hydrogen (secondary N) is 2. The summed E-state index contributed by atoms with van der Waals surface area (Å²) in [5, 5.41) is 9.71. The molecule has 0 fully saturated rings. The summed E-state index contributed by atoms with van der Waals surface area (Å²) in [4.78, 5) is 0. The molecule has 0 unspecified atom stereocenters. The van der Waals surface area contributed by atoms with Crippen LogP contribution in [0.3, 0.4) is 0 Å². The second kappa shape index (κ2) is 7.44. The molecule has 0 bridgehead atoms. The molecule has 1 aliphatic rings. The van der Waals surface area contributed by atoms with Gasteiger partial charge in [-0.3, -0.25) is 0 Å². The lowest BCUT2D eigenvalue weighted by Gasteiger charge is -2.27. The van der Waals surface area contributed by atoms with Crippen molar-refractivity contribution in [2.45, 2.75) is 13.8 Å². The number of hydrogen-bond donors (Lipinski definition) is 2. The largest absolute Gasteiger partial charge is 0.493 e. The van der Waals surface area contributed by atoms with Gasteiger partial charge in [0.1, 0.15) is 0 Å². The van der Waals surface area contributed by atoms with Crippen molar-refractivity contribution in [3.63, 3.8) is 0 Å². The number of hydrogen-bond acceptors (Lipinski definition) is 4. The molecule has 1 heterocycles. The fraction of sp³-hybridized carbons (Fsp3) is 0.200. The molecule has 4 nitrogen and oxygen atoms in total. The summed E-state index contributed by atoms with van der Waals surface area (Å²) in [6, 6.07) is 21.1. The van der Waals surface area contributed by atoms with Crippen LogP contribution in [0.25, 0.3) is 10.8 Å². The van der Waals surface area contributed by atoms with Gasteiger partial charge in [-0.25, -0.2) is 0 Å². The first-order valence-electron chi connectivity index (χ1n) is 9.18. The minimum absolute atomic E-state index is 0.000599. The van der Waals surface area contributed by atoms with E-state index in [1.807, 2.05) is 13.8 Å². The van der Waals surface area contributed by atoms with Crippen LogP contribution in [0.1, 0.15) is 13.8 Å². The van der Waals surface area contributed by atoms with Gasteiger partial charge in [0, 0.05) is 30.0 Å². The number of anilines is 2. The maximum Gasteiger partial charge on any atom is 0.493 e. The van der Waals surface area contributed by atoms with E-state index in [9.17, 15) is 0 Å². The molecule has 0 radical (unpaired) electrons. The third-order valence-electron chi connectivity index (χ3n) is 4.66. The Morgan fingerprint density at radius 1 is 0.846 bits per heavy atom. The van der Waals surface area contributed by atoms with Crippen molar-refractivity contribution in [3.05, 3.63) is 60.7 Å². The molecule has 3 aromatic rings. The van der Waals surface area contributed by atoms with Crippen LogP contribution in [-0.2, 0) is 9.31 Å². The number of rotatable bonds is 6. The quantitative estimate of drug-likeness (QED) is 0.675. The van der Waals surface area contributed by atoms with Crippen molar-refractivity contribution in [2.24, 2.45) is 0 Å². The maximum absolute atomic E-state index is 5.75. The molecule has 0 aromatic heterocycles. The highest BCUT2D eigenvalue weighted by Gasteiger charge is 2.27. The molecule has 26 heavy (non-hydrogen) atoms. The minimum atomic E-state index is -0.329. The summed E-state index contributed by atoms with van der Waals surface area (Å²) in [5.74, 6) is 0. The fourth-order valence-corrected chi connectivity index (χ4v) is 3.52. The Morgan fingerprint density at radius 2 is 1.46 bits per heavy atom. The third kappa shape index (κ3) is 3.18. The summed E-state index contributed by atoms with van der Waals surface area (Å²) in [6.45, 7) is 5.20. The van der Waals surface area contributed by atoms with E-state index in [1.165, 1.54) is 10.8 Å². The van der Waals surface area contributed by atoms with Crippen LogP contribution in [0, 0.1) is 0 Å². The Kier molecular flexibility index (Phi) is 4.87. The lowest BCUT2D eigenvalue weighted by molar-refractivity contribution is 0.225. The Morgan fingerprint density at radius 3 is 2.08 bits per heavy atom. The Balaban J connectivity index is 1.66. The molecule has 4 rings (SSSR count). The molecule has 0 atom stereocenters. The lowest BCUT2D eigenvalue weighted by Crippen LogP contribution is -2.50. The zero-order valence-corrected chi connectivity index (χ0v) is 15.2. The topological polar surface area (TPSA) is 42.5 Å². The van der Waals surface area contributed by atoms with Crippen LogP contribution < -0.4 is 21.4 Å². The summed E-state index contributed by atoms with van der Waals surface area (Å²) in [7, 11) is -0.329. The predicted molar refractivity (Wildman–Crippen MR) is 112 cm³/mol. The first kappa shape index (κ1) is 17.0. The van der Waals surface area contributed by atoms with Crippen LogP contribution >= 0.6 is 0 Å². The van der Waals surface area contributed by atoms with E-state index in [0.717, 1.165) is 22.3 Å². The molecule has 0 aliphatic carbocycles. The zero-order chi connectivity index (χ0) is 17.9. The van der Waals surface area contributed by atoms with Gasteiger partial charge in [-0.1, -0.05) is 48.5 Å². The molecule has 0 amide bonds. The van der Waals surface area contributed by atoms with Gasteiger partial charge in [0.15, 0.2) is 0 Å². The highest BCUT2D eigenvalue weighted by atomic mass is 16.6. The normalized spacial score (nSPS) is 12.6. The molecular formula is C20H22B2N2O2. The summed E-state index contributed by atoms with van der Waals surface area (Å²) < 4.78 is 11.5. The van der Waals surface area contributed by atoms with Gasteiger partial charge in [-0.05, 0) is 42.3 Å². The van der Waals surface area contributed by atoms with Gasteiger partial charge < -0.3 is 19.8 Å². The van der Waals surface area contributed by atoms with Crippen LogP contribution in [0.15, 0.2) is 60.7 Å². The first-order valence-corrected chi connectivity index (χ1v) is 9.18. The molecule has 130 valence electrons. The molecule has 2 N–H and O–H groups in total. The van der Waals surface area contributed by atoms with Crippen molar-refractivity contribution in [2.75, 3.05) is 23.7 Å². The summed E-state index contributed by atoms with van der Waals surface area (Å²) in [6.07, 6.45) is 0. The average molecular weight is 344 g/mol. The van der Waals surface area contributed by atoms with Crippen molar-refractivity contribution < 1.29 is 9.31 Å². The Hall–Kier alpha value is -2.43. The monoisotopic (exact) mass is 344 g/mol. The Labute approximate surface area is 155 Å². The van der Waals surface area contributed by atoms with Crippen LogP contribution in [0.4, 0.5) is 11.4 Å². The second-order valence-corrected chi connectivity index (χ2v) is 6.34. The van der Waals surface area contributed by atoms with Crippen molar-refractivity contribution in [1.29, 1.82) is 0 Å². The summed E-state index contributed by atoms with van der Waals surface area (Å²) >= 11 is 0. The van der Waals surface area contributed by atoms with E-state index in [-0.39, 0.29) is 14.1 Å². The van der Waals surface area contributed by atoms with Crippen molar-refractivity contribution in [3.8, 4) is 0 Å². The molecule has 0 spiro atoms. The lowest BCUT2D eigenvalue weighted by atomic mass is 9.63. The van der Waals surface area contributed by atoms with Crippen LogP contribution in [0.2, 0.25) is 0 Å². The number of benzene rings is 3.